The highest BCUT2D eigenvalue weighted by Gasteiger charge is 2.07. The summed E-state index contributed by atoms with van der Waals surface area (Å²) in [6.45, 7) is 5.45. The van der Waals surface area contributed by atoms with E-state index in [1.165, 1.54) is 21.1 Å². The molecule has 0 fully saturated rings. The first-order chi connectivity index (χ1) is 7.67. The Kier molecular flexibility index (Phi) is 6.43. The molecule has 1 rings (SSSR count). The average Bonchev–Trinajstić information content (AvgIpc) is 2.57. The van der Waals surface area contributed by atoms with Gasteiger partial charge in [-0.3, -0.25) is 0 Å². The monoisotopic (exact) mass is 258 g/mol. The lowest BCUT2D eigenvalue weighted by Crippen LogP contribution is -2.20. The summed E-state index contributed by atoms with van der Waals surface area (Å²) in [7, 11) is 4.20. The minimum absolute atomic E-state index is 0.986. The van der Waals surface area contributed by atoms with Crippen LogP contribution >= 0.6 is 23.1 Å². The summed E-state index contributed by atoms with van der Waals surface area (Å²) >= 11 is 3.82. The van der Waals surface area contributed by atoms with E-state index in [0.717, 1.165) is 19.6 Å². The number of hydrogen-bond acceptors (Lipinski definition) is 4. The summed E-state index contributed by atoms with van der Waals surface area (Å²) in [5.74, 6) is 1.21. The molecule has 0 unspecified atom stereocenters. The van der Waals surface area contributed by atoms with Crippen LogP contribution in [0.15, 0.2) is 6.07 Å². The number of thioether (sulfide) groups is 1. The quantitative estimate of drug-likeness (QED) is 0.809. The summed E-state index contributed by atoms with van der Waals surface area (Å²) in [6, 6.07) is 2.34. The molecule has 0 bridgehead atoms. The standard InChI is InChI=1S/C12H22N2S2/c1-10-11(7-12(16-10)8-13-2)9-14(3)5-6-15-4/h7,13H,5-6,8-9H2,1-4H3. The molecule has 1 heterocycles. The third kappa shape index (κ3) is 4.45. The van der Waals surface area contributed by atoms with E-state index in [-0.39, 0.29) is 0 Å². The van der Waals surface area contributed by atoms with Gasteiger partial charge >= 0.3 is 0 Å². The molecule has 0 saturated carbocycles. The van der Waals surface area contributed by atoms with Gasteiger partial charge in [-0.25, -0.2) is 0 Å². The molecular formula is C12H22N2S2. The predicted octanol–water partition coefficient (Wildman–Crippen LogP) is 2.57. The summed E-state index contributed by atoms with van der Waals surface area (Å²) in [4.78, 5) is 5.30. The van der Waals surface area contributed by atoms with Crippen LogP contribution in [0, 0.1) is 6.92 Å². The van der Waals surface area contributed by atoms with Crippen LogP contribution in [0.25, 0.3) is 0 Å². The van der Waals surface area contributed by atoms with Crippen LogP contribution in [-0.2, 0) is 13.1 Å². The highest BCUT2D eigenvalue weighted by molar-refractivity contribution is 7.98. The third-order valence-corrected chi connectivity index (χ3v) is 4.22. The van der Waals surface area contributed by atoms with Crippen LogP contribution in [0.3, 0.4) is 0 Å². The number of aryl methyl sites for hydroxylation is 1. The summed E-state index contributed by atoms with van der Waals surface area (Å²) in [5.41, 5.74) is 1.49. The lowest BCUT2D eigenvalue weighted by Gasteiger charge is -2.15. The molecule has 1 aromatic rings. The molecule has 0 saturated heterocycles. The molecule has 0 atom stereocenters. The van der Waals surface area contributed by atoms with Crippen molar-refractivity contribution in [3.63, 3.8) is 0 Å². The Morgan fingerprint density at radius 2 is 2.25 bits per heavy atom. The fourth-order valence-corrected chi connectivity index (χ4v) is 3.18. The second-order valence-corrected chi connectivity index (χ2v) is 6.38. The molecule has 0 aliphatic carbocycles. The maximum absolute atomic E-state index is 3.21. The highest BCUT2D eigenvalue weighted by atomic mass is 32.2. The van der Waals surface area contributed by atoms with Crippen LogP contribution < -0.4 is 5.32 Å². The Bertz CT molecular complexity index is 310. The van der Waals surface area contributed by atoms with Gasteiger partial charge in [-0.15, -0.1) is 11.3 Å². The zero-order valence-corrected chi connectivity index (χ0v) is 12.3. The van der Waals surface area contributed by atoms with Gasteiger partial charge in [0.15, 0.2) is 0 Å². The van der Waals surface area contributed by atoms with E-state index in [9.17, 15) is 0 Å². The topological polar surface area (TPSA) is 15.3 Å². The number of nitrogens with zero attached hydrogens (tertiary/aromatic N) is 1. The van der Waals surface area contributed by atoms with Gasteiger partial charge in [0.2, 0.25) is 0 Å². The normalized spacial score (nSPS) is 11.3. The Morgan fingerprint density at radius 1 is 1.50 bits per heavy atom. The summed E-state index contributed by atoms with van der Waals surface area (Å²) < 4.78 is 0. The molecule has 92 valence electrons. The summed E-state index contributed by atoms with van der Waals surface area (Å²) in [6.07, 6.45) is 2.16. The Hall–Kier alpha value is -0.0300. The van der Waals surface area contributed by atoms with Gasteiger partial charge < -0.3 is 10.2 Å². The molecule has 2 nitrogen and oxygen atoms in total. The molecule has 0 aromatic carbocycles. The van der Waals surface area contributed by atoms with Gasteiger partial charge in [-0.1, -0.05) is 0 Å². The van der Waals surface area contributed by atoms with E-state index in [1.54, 1.807) is 0 Å². The van der Waals surface area contributed by atoms with Gasteiger partial charge in [0.1, 0.15) is 0 Å². The molecule has 0 amide bonds. The van der Waals surface area contributed by atoms with Crippen molar-refractivity contribution in [3.8, 4) is 0 Å². The van der Waals surface area contributed by atoms with Gasteiger partial charge in [-0.2, -0.15) is 11.8 Å². The average molecular weight is 258 g/mol. The number of thiophene rings is 1. The first-order valence-electron chi connectivity index (χ1n) is 5.57. The van der Waals surface area contributed by atoms with Crippen molar-refractivity contribution in [1.82, 2.24) is 10.2 Å². The van der Waals surface area contributed by atoms with E-state index >= 15 is 0 Å². The van der Waals surface area contributed by atoms with Crippen LogP contribution in [0.1, 0.15) is 15.3 Å². The molecule has 0 spiro atoms. The lowest BCUT2D eigenvalue weighted by atomic mass is 10.2. The molecular weight excluding hydrogens is 236 g/mol. The zero-order valence-electron chi connectivity index (χ0n) is 10.7. The van der Waals surface area contributed by atoms with Crippen molar-refractivity contribution < 1.29 is 0 Å². The zero-order chi connectivity index (χ0) is 12.0. The second-order valence-electron chi connectivity index (χ2n) is 4.06. The summed E-state index contributed by atoms with van der Waals surface area (Å²) in [5, 5.41) is 3.21. The molecule has 4 heteroatoms. The largest absolute Gasteiger partial charge is 0.315 e. The second kappa shape index (κ2) is 7.33. The van der Waals surface area contributed by atoms with Crippen molar-refractivity contribution in [3.05, 3.63) is 21.4 Å². The van der Waals surface area contributed by atoms with Crippen LogP contribution in [0.2, 0.25) is 0 Å². The maximum atomic E-state index is 3.21. The Labute approximate surface area is 107 Å². The van der Waals surface area contributed by atoms with E-state index in [2.05, 4.69) is 36.5 Å². The van der Waals surface area contributed by atoms with Crippen LogP contribution in [-0.4, -0.2) is 37.5 Å². The predicted molar refractivity (Wildman–Crippen MR) is 76.5 cm³/mol. The molecule has 1 aromatic heterocycles. The van der Waals surface area contributed by atoms with Crippen molar-refractivity contribution in [2.24, 2.45) is 0 Å². The van der Waals surface area contributed by atoms with Gasteiger partial charge in [0, 0.05) is 35.1 Å². The van der Waals surface area contributed by atoms with E-state index in [1.807, 2.05) is 30.1 Å². The molecule has 0 aliphatic heterocycles. The number of hydrogen-bond donors (Lipinski definition) is 1. The first kappa shape index (κ1) is 14.0. The Balaban J connectivity index is 2.52. The van der Waals surface area contributed by atoms with Crippen LogP contribution in [0.4, 0.5) is 0 Å². The number of rotatable bonds is 7. The fraction of sp³-hybridized carbons (Fsp3) is 0.667. The minimum atomic E-state index is 0.986. The van der Waals surface area contributed by atoms with Gasteiger partial charge in [-0.05, 0) is 38.9 Å². The minimum Gasteiger partial charge on any atom is -0.315 e. The van der Waals surface area contributed by atoms with Crippen LogP contribution in [0.5, 0.6) is 0 Å². The van der Waals surface area contributed by atoms with E-state index in [4.69, 9.17) is 0 Å². The number of nitrogens with one attached hydrogen (secondary N) is 1. The van der Waals surface area contributed by atoms with Crippen molar-refractivity contribution >= 4 is 23.1 Å². The molecule has 0 radical (unpaired) electrons. The maximum Gasteiger partial charge on any atom is 0.0296 e. The van der Waals surface area contributed by atoms with E-state index < -0.39 is 0 Å². The van der Waals surface area contributed by atoms with Crippen molar-refractivity contribution in [2.75, 3.05) is 32.6 Å². The Morgan fingerprint density at radius 3 is 2.88 bits per heavy atom. The molecule has 0 aliphatic rings. The van der Waals surface area contributed by atoms with Gasteiger partial charge in [0.05, 0.1) is 0 Å². The fourth-order valence-electron chi connectivity index (χ4n) is 1.62. The lowest BCUT2D eigenvalue weighted by molar-refractivity contribution is 0.348. The third-order valence-electron chi connectivity index (χ3n) is 2.54. The van der Waals surface area contributed by atoms with Crippen molar-refractivity contribution in [2.45, 2.75) is 20.0 Å². The van der Waals surface area contributed by atoms with Gasteiger partial charge in [0.25, 0.3) is 0 Å². The SMILES string of the molecule is CNCc1cc(CN(C)CCSC)c(C)s1. The van der Waals surface area contributed by atoms with E-state index in [0.29, 0.717) is 0 Å². The smallest absolute Gasteiger partial charge is 0.0296 e. The first-order valence-corrected chi connectivity index (χ1v) is 7.78. The van der Waals surface area contributed by atoms with Crippen molar-refractivity contribution in [1.29, 1.82) is 0 Å². The molecule has 1 N–H and O–H groups in total. The molecule has 16 heavy (non-hydrogen) atoms. The highest BCUT2D eigenvalue weighted by Crippen LogP contribution is 2.22.